The minimum absolute atomic E-state index is 0.0977. The predicted octanol–water partition coefficient (Wildman–Crippen LogP) is 3.31. The van der Waals surface area contributed by atoms with Crippen molar-refractivity contribution in [1.29, 1.82) is 5.26 Å². The number of hydrogen-bond acceptors (Lipinski definition) is 3. The van der Waals surface area contributed by atoms with Crippen LogP contribution in [0, 0.1) is 11.3 Å². The van der Waals surface area contributed by atoms with Gasteiger partial charge in [0.25, 0.3) is 0 Å². The SMILES string of the molecule is CC(O)c1ccc(C#N)cc1N1CC=C(C(F)(F)F)CC1. The van der Waals surface area contributed by atoms with Crippen LogP contribution >= 0.6 is 0 Å². The van der Waals surface area contributed by atoms with Gasteiger partial charge in [-0.1, -0.05) is 12.1 Å². The molecule has 3 nitrogen and oxygen atoms in total. The molecular formula is C15H15F3N2O. The Balaban J connectivity index is 2.31. The summed E-state index contributed by atoms with van der Waals surface area (Å²) in [4.78, 5) is 1.75. The molecule has 21 heavy (non-hydrogen) atoms. The molecule has 1 aliphatic rings. The first-order valence-electron chi connectivity index (χ1n) is 6.56. The lowest BCUT2D eigenvalue weighted by Crippen LogP contribution is -2.32. The second-order valence-corrected chi connectivity index (χ2v) is 4.98. The number of rotatable bonds is 2. The number of nitriles is 1. The fraction of sp³-hybridized carbons (Fsp3) is 0.400. The highest BCUT2D eigenvalue weighted by atomic mass is 19.4. The Morgan fingerprint density at radius 3 is 2.57 bits per heavy atom. The molecular weight excluding hydrogens is 281 g/mol. The summed E-state index contributed by atoms with van der Waals surface area (Å²) in [6.45, 7) is 1.91. The van der Waals surface area contributed by atoms with Crippen molar-refractivity contribution in [2.75, 3.05) is 18.0 Å². The molecule has 0 aromatic heterocycles. The molecule has 0 radical (unpaired) electrons. The molecule has 2 rings (SSSR count). The van der Waals surface area contributed by atoms with Crippen molar-refractivity contribution in [3.8, 4) is 6.07 Å². The Kier molecular flexibility index (Phi) is 4.24. The van der Waals surface area contributed by atoms with E-state index >= 15 is 0 Å². The van der Waals surface area contributed by atoms with Crippen LogP contribution in [-0.2, 0) is 0 Å². The Morgan fingerprint density at radius 1 is 1.38 bits per heavy atom. The molecule has 1 heterocycles. The lowest BCUT2D eigenvalue weighted by molar-refractivity contribution is -0.0944. The van der Waals surface area contributed by atoms with Gasteiger partial charge in [-0.05, 0) is 25.5 Å². The van der Waals surface area contributed by atoms with Crippen molar-refractivity contribution in [2.45, 2.75) is 25.6 Å². The van der Waals surface area contributed by atoms with Crippen molar-refractivity contribution in [3.05, 3.63) is 41.0 Å². The van der Waals surface area contributed by atoms with Gasteiger partial charge in [-0.15, -0.1) is 0 Å². The van der Waals surface area contributed by atoms with Gasteiger partial charge in [0.1, 0.15) is 0 Å². The van der Waals surface area contributed by atoms with Crippen molar-refractivity contribution in [2.24, 2.45) is 0 Å². The third-order valence-electron chi connectivity index (χ3n) is 3.52. The fourth-order valence-corrected chi connectivity index (χ4v) is 2.39. The van der Waals surface area contributed by atoms with E-state index < -0.39 is 17.9 Å². The molecule has 1 aromatic carbocycles. The zero-order valence-corrected chi connectivity index (χ0v) is 11.5. The fourth-order valence-electron chi connectivity index (χ4n) is 2.39. The quantitative estimate of drug-likeness (QED) is 0.852. The van der Waals surface area contributed by atoms with Gasteiger partial charge < -0.3 is 10.0 Å². The van der Waals surface area contributed by atoms with Gasteiger partial charge in [0.2, 0.25) is 0 Å². The summed E-state index contributed by atoms with van der Waals surface area (Å²) in [5, 5.41) is 18.7. The van der Waals surface area contributed by atoms with E-state index in [9.17, 15) is 18.3 Å². The molecule has 0 saturated heterocycles. The van der Waals surface area contributed by atoms with Crippen LogP contribution in [0.15, 0.2) is 29.8 Å². The maximum Gasteiger partial charge on any atom is 0.412 e. The number of nitrogens with zero attached hydrogens (tertiary/aromatic N) is 2. The van der Waals surface area contributed by atoms with Gasteiger partial charge in [0, 0.05) is 29.9 Å². The summed E-state index contributed by atoms with van der Waals surface area (Å²) in [7, 11) is 0. The summed E-state index contributed by atoms with van der Waals surface area (Å²) < 4.78 is 37.9. The Bertz CT molecular complexity index is 600. The highest BCUT2D eigenvalue weighted by Gasteiger charge is 2.35. The average molecular weight is 296 g/mol. The smallest absolute Gasteiger partial charge is 0.389 e. The number of halogens is 3. The van der Waals surface area contributed by atoms with Gasteiger partial charge in [-0.3, -0.25) is 0 Å². The lowest BCUT2D eigenvalue weighted by Gasteiger charge is -2.31. The van der Waals surface area contributed by atoms with Gasteiger partial charge in [0.15, 0.2) is 0 Å². The average Bonchev–Trinajstić information content (AvgIpc) is 2.45. The van der Waals surface area contributed by atoms with Crippen molar-refractivity contribution < 1.29 is 18.3 Å². The van der Waals surface area contributed by atoms with E-state index in [0.29, 0.717) is 16.8 Å². The van der Waals surface area contributed by atoms with Gasteiger partial charge >= 0.3 is 6.18 Å². The summed E-state index contributed by atoms with van der Waals surface area (Å²) in [5.41, 5.74) is 1.12. The van der Waals surface area contributed by atoms with Crippen molar-refractivity contribution in [1.82, 2.24) is 0 Å². The molecule has 1 aromatic rings. The number of hydrogen-bond donors (Lipinski definition) is 1. The Morgan fingerprint density at radius 2 is 2.10 bits per heavy atom. The zero-order valence-electron chi connectivity index (χ0n) is 11.5. The van der Waals surface area contributed by atoms with E-state index in [0.717, 1.165) is 6.08 Å². The van der Waals surface area contributed by atoms with E-state index in [-0.39, 0.29) is 19.5 Å². The minimum atomic E-state index is -4.28. The van der Waals surface area contributed by atoms with Crippen LogP contribution in [0.25, 0.3) is 0 Å². The molecule has 1 aliphatic heterocycles. The second kappa shape index (κ2) is 5.78. The molecule has 0 spiro atoms. The Hall–Kier alpha value is -2.00. The first-order chi connectivity index (χ1) is 9.82. The number of aliphatic hydroxyl groups is 1. The van der Waals surface area contributed by atoms with Gasteiger partial charge in [-0.2, -0.15) is 18.4 Å². The van der Waals surface area contributed by atoms with Crippen molar-refractivity contribution in [3.63, 3.8) is 0 Å². The number of alkyl halides is 3. The normalized spacial score (nSPS) is 17.1. The number of anilines is 1. The first kappa shape index (κ1) is 15.4. The Labute approximate surface area is 120 Å². The third kappa shape index (κ3) is 3.37. The molecule has 1 N–H and O–H groups in total. The van der Waals surface area contributed by atoms with Crippen molar-refractivity contribution >= 4 is 5.69 Å². The molecule has 1 unspecified atom stereocenters. The summed E-state index contributed by atoms with van der Waals surface area (Å²) in [5.74, 6) is 0. The molecule has 0 bridgehead atoms. The van der Waals surface area contributed by atoms with E-state index in [2.05, 4.69) is 0 Å². The lowest BCUT2D eigenvalue weighted by atomic mass is 10.0. The monoisotopic (exact) mass is 296 g/mol. The van der Waals surface area contributed by atoms with Gasteiger partial charge in [-0.25, -0.2) is 0 Å². The van der Waals surface area contributed by atoms with Crippen LogP contribution in [0.5, 0.6) is 0 Å². The number of benzene rings is 1. The van der Waals surface area contributed by atoms with Crippen LogP contribution in [0.1, 0.15) is 30.6 Å². The summed E-state index contributed by atoms with van der Waals surface area (Å²) in [6.07, 6.45) is -3.97. The molecule has 0 amide bonds. The highest BCUT2D eigenvalue weighted by Crippen LogP contribution is 2.34. The van der Waals surface area contributed by atoms with Crippen LogP contribution in [0.3, 0.4) is 0 Å². The van der Waals surface area contributed by atoms with Crippen LogP contribution in [0.4, 0.5) is 18.9 Å². The highest BCUT2D eigenvalue weighted by molar-refractivity contribution is 5.59. The van der Waals surface area contributed by atoms with Gasteiger partial charge in [0.05, 0.1) is 17.7 Å². The molecule has 0 fully saturated rings. The first-order valence-corrected chi connectivity index (χ1v) is 6.56. The number of aliphatic hydroxyl groups excluding tert-OH is 1. The maximum atomic E-state index is 12.6. The molecule has 112 valence electrons. The second-order valence-electron chi connectivity index (χ2n) is 4.98. The van der Waals surface area contributed by atoms with E-state index in [1.807, 2.05) is 6.07 Å². The van der Waals surface area contributed by atoms with Crippen LogP contribution in [-0.4, -0.2) is 24.4 Å². The molecule has 0 saturated carbocycles. The topological polar surface area (TPSA) is 47.3 Å². The maximum absolute atomic E-state index is 12.6. The molecule has 0 aliphatic carbocycles. The van der Waals surface area contributed by atoms with E-state index in [1.165, 1.54) is 0 Å². The molecule has 1 atom stereocenters. The van der Waals surface area contributed by atoms with E-state index in [1.54, 1.807) is 30.0 Å². The van der Waals surface area contributed by atoms with Crippen LogP contribution in [0.2, 0.25) is 0 Å². The summed E-state index contributed by atoms with van der Waals surface area (Å²) in [6, 6.07) is 6.84. The third-order valence-corrected chi connectivity index (χ3v) is 3.52. The minimum Gasteiger partial charge on any atom is -0.389 e. The zero-order chi connectivity index (χ0) is 15.6. The summed E-state index contributed by atoms with van der Waals surface area (Å²) >= 11 is 0. The molecule has 6 heteroatoms. The van der Waals surface area contributed by atoms with E-state index in [4.69, 9.17) is 5.26 Å². The van der Waals surface area contributed by atoms with Crippen LogP contribution < -0.4 is 4.90 Å². The standard InChI is InChI=1S/C15H15F3N2O/c1-10(21)13-3-2-11(9-19)8-14(13)20-6-4-12(5-7-20)15(16,17)18/h2-4,8,10,21H,5-7H2,1H3. The largest absolute Gasteiger partial charge is 0.412 e. The predicted molar refractivity (Wildman–Crippen MR) is 72.8 cm³/mol.